The van der Waals surface area contributed by atoms with Crippen LogP contribution < -0.4 is 10.6 Å². The van der Waals surface area contributed by atoms with Crippen LogP contribution in [-0.2, 0) is 4.79 Å². The normalized spacial score (nSPS) is 19.0. The number of piperidine rings is 1. The quantitative estimate of drug-likeness (QED) is 0.405. The summed E-state index contributed by atoms with van der Waals surface area (Å²) in [7, 11) is 1.87. The van der Waals surface area contributed by atoms with E-state index in [1.807, 2.05) is 67.8 Å². The highest BCUT2D eigenvalue weighted by atomic mass is 35.5. The molecule has 2 fully saturated rings. The van der Waals surface area contributed by atoms with Crippen molar-refractivity contribution in [1.82, 2.24) is 20.5 Å². The molecule has 1 saturated carbocycles. The summed E-state index contributed by atoms with van der Waals surface area (Å²) in [5.41, 5.74) is 2.26. The van der Waals surface area contributed by atoms with Gasteiger partial charge in [0.2, 0.25) is 0 Å². The van der Waals surface area contributed by atoms with Gasteiger partial charge in [-0.3, -0.25) is 9.59 Å². The largest absolute Gasteiger partial charge is 0.361 e. The third kappa shape index (κ3) is 5.66. The maximum atomic E-state index is 14.0. The third-order valence-corrected chi connectivity index (χ3v) is 8.01. The van der Waals surface area contributed by atoms with E-state index >= 15 is 0 Å². The molecule has 36 heavy (non-hydrogen) atoms. The highest BCUT2D eigenvalue weighted by Crippen LogP contribution is 2.30. The molecule has 1 aliphatic heterocycles. The van der Waals surface area contributed by atoms with Crippen LogP contribution in [0.2, 0.25) is 0 Å². The molecule has 3 N–H and O–H groups in total. The molecule has 1 amide bonds. The molecule has 6 nitrogen and oxygen atoms in total. The molecule has 0 radical (unpaired) electrons. The van der Waals surface area contributed by atoms with Gasteiger partial charge in [0, 0.05) is 23.3 Å². The maximum absolute atomic E-state index is 14.0. The fraction of sp³-hybridized carbons (Fsp3) is 0.448. The average Bonchev–Trinajstić information content (AvgIpc) is 3.60. The van der Waals surface area contributed by atoms with E-state index in [1.165, 1.54) is 25.7 Å². The van der Waals surface area contributed by atoms with Crippen LogP contribution >= 0.6 is 12.4 Å². The van der Waals surface area contributed by atoms with Gasteiger partial charge in [-0.15, -0.1) is 12.4 Å². The number of H-pyrrole nitrogens is 1. The Morgan fingerprint density at radius 1 is 0.972 bits per heavy atom. The molecule has 0 bridgehead atoms. The maximum Gasteiger partial charge on any atom is 0.252 e. The molecular formula is C29H37ClN4O2. The van der Waals surface area contributed by atoms with Gasteiger partial charge >= 0.3 is 0 Å². The van der Waals surface area contributed by atoms with Gasteiger partial charge < -0.3 is 20.5 Å². The summed E-state index contributed by atoms with van der Waals surface area (Å²) in [4.78, 5) is 33.0. The van der Waals surface area contributed by atoms with Crippen LogP contribution in [0.4, 0.5) is 0 Å². The second kappa shape index (κ2) is 12.0. The van der Waals surface area contributed by atoms with Gasteiger partial charge in [-0.2, -0.15) is 0 Å². The first-order chi connectivity index (χ1) is 17.1. The Balaban J connectivity index is 0.00000304. The number of halogens is 1. The van der Waals surface area contributed by atoms with E-state index in [9.17, 15) is 9.59 Å². The second-order valence-electron chi connectivity index (χ2n) is 10.1. The van der Waals surface area contributed by atoms with Crippen molar-refractivity contribution in [3.8, 4) is 0 Å². The number of Topliss-reactive ketones (excluding diaryl/α,β-unsaturated/α-hetero) is 1. The third-order valence-electron chi connectivity index (χ3n) is 8.01. The van der Waals surface area contributed by atoms with Crippen molar-refractivity contribution in [2.75, 3.05) is 20.1 Å². The average molecular weight is 509 g/mol. The molecule has 1 saturated heterocycles. The predicted molar refractivity (Wildman–Crippen MR) is 147 cm³/mol. The number of rotatable bonds is 8. The van der Waals surface area contributed by atoms with Crippen molar-refractivity contribution in [2.45, 2.75) is 56.7 Å². The lowest BCUT2D eigenvalue weighted by atomic mass is 9.83. The van der Waals surface area contributed by atoms with E-state index in [2.05, 4.69) is 20.5 Å². The second-order valence-corrected chi connectivity index (χ2v) is 10.1. The Morgan fingerprint density at radius 2 is 1.69 bits per heavy atom. The number of benzene rings is 2. The predicted octanol–water partition coefficient (Wildman–Crippen LogP) is 4.87. The molecule has 1 aromatic heterocycles. The summed E-state index contributed by atoms with van der Waals surface area (Å²) in [6, 6.07) is 16.9. The number of hydrogen-bond acceptors (Lipinski definition) is 4. The topological polar surface area (TPSA) is 77.2 Å². The summed E-state index contributed by atoms with van der Waals surface area (Å²) >= 11 is 0. The lowest BCUT2D eigenvalue weighted by molar-refractivity contribution is -0.124. The molecule has 3 aromatic rings. The molecule has 7 heteroatoms. The highest BCUT2D eigenvalue weighted by molar-refractivity contribution is 6.01. The molecule has 192 valence electrons. The van der Waals surface area contributed by atoms with Gasteiger partial charge in [-0.25, -0.2) is 0 Å². The Kier molecular flexibility index (Phi) is 8.83. The Labute approximate surface area is 219 Å². The number of nitrogens with zero attached hydrogens (tertiary/aromatic N) is 1. The highest BCUT2D eigenvalue weighted by Gasteiger charge is 2.37. The smallest absolute Gasteiger partial charge is 0.252 e. The van der Waals surface area contributed by atoms with E-state index in [4.69, 9.17) is 0 Å². The van der Waals surface area contributed by atoms with Crippen LogP contribution in [0.5, 0.6) is 0 Å². The number of ketones is 1. The van der Waals surface area contributed by atoms with E-state index in [0.717, 1.165) is 48.4 Å². The van der Waals surface area contributed by atoms with Gasteiger partial charge in [0.1, 0.15) is 6.04 Å². The van der Waals surface area contributed by atoms with Crippen molar-refractivity contribution in [2.24, 2.45) is 5.92 Å². The first kappa shape index (κ1) is 26.4. The van der Waals surface area contributed by atoms with Crippen LogP contribution in [0.1, 0.15) is 60.5 Å². The Morgan fingerprint density at radius 3 is 2.39 bits per heavy atom. The zero-order valence-corrected chi connectivity index (χ0v) is 21.7. The number of likely N-dealkylation sites (N-methyl/N-ethyl adjacent to an activating group) is 1. The number of carbonyl (C=O) groups is 2. The number of hydrogen-bond donors (Lipinski definition) is 3. The summed E-state index contributed by atoms with van der Waals surface area (Å²) in [6.07, 6.45) is 9.19. The summed E-state index contributed by atoms with van der Waals surface area (Å²) in [5, 5.41) is 7.43. The van der Waals surface area contributed by atoms with Crippen molar-refractivity contribution < 1.29 is 9.59 Å². The van der Waals surface area contributed by atoms with Crippen LogP contribution in [0.3, 0.4) is 0 Å². The van der Waals surface area contributed by atoms with Crippen molar-refractivity contribution in [1.29, 1.82) is 0 Å². The van der Waals surface area contributed by atoms with Crippen molar-refractivity contribution >= 4 is 35.0 Å². The number of aromatic amines is 1. The fourth-order valence-electron chi connectivity index (χ4n) is 6.04. The lowest BCUT2D eigenvalue weighted by Gasteiger charge is -2.39. The Hall–Kier alpha value is -2.67. The first-order valence-electron chi connectivity index (χ1n) is 13.0. The van der Waals surface area contributed by atoms with E-state index < -0.39 is 6.04 Å². The molecule has 2 heterocycles. The van der Waals surface area contributed by atoms with Crippen LogP contribution in [-0.4, -0.2) is 53.8 Å². The number of fused-ring (bicyclic) bond motifs is 1. The SMILES string of the molecule is CNC(C(=O)[C@H](NC(=O)c1ccc2cc[nH]c2c1)c1ccccc1)C1CCN(C2CCCC2)CC1.Cl. The molecule has 5 rings (SSSR count). The lowest BCUT2D eigenvalue weighted by Crippen LogP contribution is -2.51. The first-order valence-corrected chi connectivity index (χ1v) is 13.0. The zero-order chi connectivity index (χ0) is 24.2. The molecule has 1 unspecified atom stereocenters. The van der Waals surface area contributed by atoms with Crippen LogP contribution in [0.15, 0.2) is 60.8 Å². The minimum Gasteiger partial charge on any atom is -0.361 e. The van der Waals surface area contributed by atoms with Gasteiger partial charge in [-0.1, -0.05) is 49.2 Å². The summed E-state index contributed by atoms with van der Waals surface area (Å²) in [6.45, 7) is 2.11. The molecule has 2 aromatic carbocycles. The van der Waals surface area contributed by atoms with Gasteiger partial charge in [0.15, 0.2) is 5.78 Å². The number of carbonyl (C=O) groups excluding carboxylic acids is 2. The minimum absolute atomic E-state index is 0. The number of aromatic nitrogens is 1. The molecule has 2 aliphatic rings. The van der Waals surface area contributed by atoms with E-state index in [-0.39, 0.29) is 36.1 Å². The van der Waals surface area contributed by atoms with Gasteiger partial charge in [0.25, 0.3) is 5.91 Å². The summed E-state index contributed by atoms with van der Waals surface area (Å²) < 4.78 is 0. The molecule has 0 spiro atoms. The van der Waals surface area contributed by atoms with Crippen LogP contribution in [0.25, 0.3) is 10.9 Å². The van der Waals surface area contributed by atoms with Gasteiger partial charge in [0.05, 0.1) is 6.04 Å². The Bertz CT molecular complexity index is 1150. The molecule has 2 atom stereocenters. The fourth-order valence-corrected chi connectivity index (χ4v) is 6.04. The standard InChI is InChI=1S/C29H36N4O2.ClH/c1-30-26(22-14-17-33(18-15-22)24-9-5-6-10-24)28(34)27(21-7-3-2-4-8-21)32-29(35)23-12-11-20-13-16-31-25(20)19-23;/h2-4,7-8,11-13,16,19,22,24,26-27,30-31H,5-6,9-10,14-15,17-18H2,1H3,(H,32,35);1H/t26?,27-;/m1./s1. The van der Waals surface area contributed by atoms with Gasteiger partial charge in [-0.05, 0) is 80.9 Å². The van der Waals surface area contributed by atoms with Crippen LogP contribution in [0, 0.1) is 5.92 Å². The number of likely N-dealkylation sites (tertiary alicyclic amines) is 1. The van der Waals surface area contributed by atoms with E-state index in [1.54, 1.807) is 0 Å². The number of nitrogens with one attached hydrogen (secondary N) is 3. The summed E-state index contributed by atoms with van der Waals surface area (Å²) in [5.74, 6) is 0.0606. The minimum atomic E-state index is -0.701. The van der Waals surface area contributed by atoms with Crippen molar-refractivity contribution in [3.05, 3.63) is 71.9 Å². The van der Waals surface area contributed by atoms with Crippen molar-refractivity contribution in [3.63, 3.8) is 0 Å². The van der Waals surface area contributed by atoms with E-state index in [0.29, 0.717) is 5.56 Å². The monoisotopic (exact) mass is 508 g/mol. The zero-order valence-electron chi connectivity index (χ0n) is 20.9. The molecular weight excluding hydrogens is 472 g/mol. The number of amides is 1. The molecule has 1 aliphatic carbocycles.